The van der Waals surface area contributed by atoms with Gasteiger partial charge in [-0.05, 0) is 38.0 Å². The Morgan fingerprint density at radius 1 is 1.27 bits per heavy atom. The van der Waals surface area contributed by atoms with Crippen LogP contribution in [-0.2, 0) is 10.0 Å². The van der Waals surface area contributed by atoms with E-state index in [-0.39, 0.29) is 16.5 Å². The Morgan fingerprint density at radius 2 is 1.95 bits per heavy atom. The average molecular weight is 328 g/mol. The molecule has 1 atom stereocenters. The summed E-state index contributed by atoms with van der Waals surface area (Å²) in [6.45, 7) is 6.18. The lowest BCUT2D eigenvalue weighted by Gasteiger charge is -2.17. The predicted octanol–water partition coefficient (Wildman–Crippen LogP) is 2.67. The molecule has 0 amide bonds. The Labute approximate surface area is 132 Å². The Bertz CT molecular complexity index is 614. The number of anilines is 1. The maximum absolute atomic E-state index is 12.1. The summed E-state index contributed by atoms with van der Waals surface area (Å²) in [5.41, 5.74) is 0.394. The fourth-order valence-corrected chi connectivity index (χ4v) is 3.24. The minimum atomic E-state index is -3.68. The van der Waals surface area contributed by atoms with E-state index in [1.54, 1.807) is 0 Å². The van der Waals surface area contributed by atoms with Gasteiger partial charge in [-0.3, -0.25) is 0 Å². The maximum Gasteiger partial charge on any atom is 0.337 e. The smallest absolute Gasteiger partial charge is 0.337 e. The van der Waals surface area contributed by atoms with Gasteiger partial charge in [0.15, 0.2) is 0 Å². The van der Waals surface area contributed by atoms with Gasteiger partial charge in [-0.25, -0.2) is 17.9 Å². The van der Waals surface area contributed by atoms with Crippen LogP contribution >= 0.6 is 0 Å². The molecule has 0 aliphatic rings. The van der Waals surface area contributed by atoms with Gasteiger partial charge in [0, 0.05) is 18.3 Å². The van der Waals surface area contributed by atoms with Crippen molar-refractivity contribution in [2.24, 2.45) is 0 Å². The van der Waals surface area contributed by atoms with E-state index in [1.165, 1.54) is 18.2 Å². The number of carbonyl (C=O) groups is 1. The lowest BCUT2D eigenvalue weighted by molar-refractivity contribution is 0.0697. The molecule has 0 heterocycles. The molecule has 22 heavy (non-hydrogen) atoms. The Hall–Kier alpha value is -1.60. The van der Waals surface area contributed by atoms with Crippen molar-refractivity contribution in [2.75, 3.05) is 11.9 Å². The van der Waals surface area contributed by atoms with Crippen molar-refractivity contribution < 1.29 is 18.3 Å². The van der Waals surface area contributed by atoms with Crippen molar-refractivity contribution in [1.29, 1.82) is 0 Å². The van der Waals surface area contributed by atoms with Crippen LogP contribution in [0.25, 0.3) is 0 Å². The van der Waals surface area contributed by atoms with Crippen LogP contribution in [0.15, 0.2) is 23.1 Å². The number of carboxylic acids is 1. The Kier molecular flexibility index (Phi) is 6.83. The Morgan fingerprint density at radius 3 is 2.50 bits per heavy atom. The van der Waals surface area contributed by atoms with Crippen molar-refractivity contribution in [2.45, 2.75) is 51.0 Å². The van der Waals surface area contributed by atoms with Crippen LogP contribution in [0.4, 0.5) is 5.69 Å². The van der Waals surface area contributed by atoms with E-state index < -0.39 is 16.0 Å². The average Bonchev–Trinajstić information content (AvgIpc) is 2.45. The fraction of sp³-hybridized carbons (Fsp3) is 0.533. The second-order valence-electron chi connectivity index (χ2n) is 5.24. The molecule has 0 saturated carbocycles. The summed E-state index contributed by atoms with van der Waals surface area (Å²) in [5.74, 6) is -1.15. The summed E-state index contributed by atoms with van der Waals surface area (Å²) in [4.78, 5) is 11.4. The molecular formula is C15H24N2O4S. The molecule has 0 fully saturated rings. The quantitative estimate of drug-likeness (QED) is 0.648. The lowest BCUT2D eigenvalue weighted by atomic mass is 10.1. The van der Waals surface area contributed by atoms with Gasteiger partial charge in [-0.15, -0.1) is 0 Å². The molecule has 0 aromatic heterocycles. The summed E-state index contributed by atoms with van der Waals surface area (Å²) in [6.07, 6.45) is 2.54. The zero-order valence-electron chi connectivity index (χ0n) is 13.2. The number of hydrogen-bond donors (Lipinski definition) is 3. The molecular weight excluding hydrogens is 304 g/mol. The molecule has 0 saturated heterocycles. The van der Waals surface area contributed by atoms with Crippen LogP contribution in [0.2, 0.25) is 0 Å². The van der Waals surface area contributed by atoms with Gasteiger partial charge in [0.1, 0.15) is 0 Å². The van der Waals surface area contributed by atoms with Crippen LogP contribution in [0.3, 0.4) is 0 Å². The summed E-state index contributed by atoms with van der Waals surface area (Å²) in [5, 5.41) is 12.4. The fourth-order valence-electron chi connectivity index (χ4n) is 2.08. The number of sulfonamides is 1. The van der Waals surface area contributed by atoms with E-state index in [0.717, 1.165) is 12.8 Å². The van der Waals surface area contributed by atoms with Gasteiger partial charge in [-0.2, -0.15) is 0 Å². The third-order valence-corrected chi connectivity index (χ3v) is 4.66. The number of benzene rings is 1. The lowest BCUT2D eigenvalue weighted by Crippen LogP contribution is -2.25. The van der Waals surface area contributed by atoms with E-state index in [4.69, 9.17) is 0 Å². The van der Waals surface area contributed by atoms with Crippen molar-refractivity contribution in [3.8, 4) is 0 Å². The topological polar surface area (TPSA) is 95.5 Å². The number of rotatable bonds is 9. The van der Waals surface area contributed by atoms with Gasteiger partial charge in [0.25, 0.3) is 0 Å². The predicted molar refractivity (Wildman–Crippen MR) is 86.9 cm³/mol. The van der Waals surface area contributed by atoms with Crippen LogP contribution in [0.1, 0.15) is 50.4 Å². The number of nitrogens with one attached hydrogen (secondary N) is 2. The second-order valence-corrected chi connectivity index (χ2v) is 7.01. The van der Waals surface area contributed by atoms with Gasteiger partial charge >= 0.3 is 5.97 Å². The van der Waals surface area contributed by atoms with Crippen molar-refractivity contribution in [3.63, 3.8) is 0 Å². The van der Waals surface area contributed by atoms with Crippen LogP contribution in [0.5, 0.6) is 0 Å². The maximum atomic E-state index is 12.1. The van der Waals surface area contributed by atoms with Gasteiger partial charge in [0.05, 0.1) is 10.5 Å². The molecule has 0 bridgehead atoms. The number of hydrogen-bond acceptors (Lipinski definition) is 4. The van der Waals surface area contributed by atoms with Gasteiger partial charge in [-0.1, -0.05) is 20.3 Å². The zero-order valence-corrected chi connectivity index (χ0v) is 14.0. The monoisotopic (exact) mass is 328 g/mol. The van der Waals surface area contributed by atoms with E-state index >= 15 is 0 Å². The molecule has 3 N–H and O–H groups in total. The largest absolute Gasteiger partial charge is 0.478 e. The zero-order chi connectivity index (χ0) is 16.8. The summed E-state index contributed by atoms with van der Waals surface area (Å²) in [6, 6.07) is 4.24. The number of carboxylic acid groups (broad SMARTS) is 1. The van der Waals surface area contributed by atoms with Crippen LogP contribution in [-0.4, -0.2) is 32.1 Å². The van der Waals surface area contributed by atoms with E-state index in [2.05, 4.69) is 10.0 Å². The highest BCUT2D eigenvalue weighted by atomic mass is 32.2. The minimum Gasteiger partial charge on any atom is -0.478 e. The molecule has 0 spiro atoms. The van der Waals surface area contributed by atoms with Gasteiger partial charge in [0.2, 0.25) is 10.0 Å². The molecule has 0 aliphatic heterocycles. The molecule has 0 radical (unpaired) electrons. The van der Waals surface area contributed by atoms with Crippen molar-refractivity contribution >= 4 is 21.7 Å². The molecule has 124 valence electrons. The first-order chi connectivity index (χ1) is 10.3. The summed E-state index contributed by atoms with van der Waals surface area (Å²) < 4.78 is 26.6. The number of aromatic carboxylic acids is 1. The molecule has 7 heteroatoms. The van der Waals surface area contributed by atoms with E-state index in [1.807, 2.05) is 20.8 Å². The molecule has 1 unspecified atom stereocenters. The first-order valence-electron chi connectivity index (χ1n) is 7.45. The first kappa shape index (κ1) is 18.4. The molecule has 0 aliphatic carbocycles. The standard InChI is InChI=1S/C15H24N2O4S/c1-4-6-11(3)17-14-8-7-12(10-13(14)15(18)19)22(20,21)16-9-5-2/h7-8,10-11,16-17H,4-6,9H2,1-3H3,(H,18,19). The van der Waals surface area contributed by atoms with Crippen LogP contribution in [0, 0.1) is 0 Å². The third-order valence-electron chi connectivity index (χ3n) is 3.20. The summed E-state index contributed by atoms with van der Waals surface area (Å²) in [7, 11) is -3.68. The van der Waals surface area contributed by atoms with E-state index in [9.17, 15) is 18.3 Å². The van der Waals surface area contributed by atoms with E-state index in [0.29, 0.717) is 18.7 Å². The van der Waals surface area contributed by atoms with Gasteiger partial charge < -0.3 is 10.4 Å². The minimum absolute atomic E-state index is 0.0351. The van der Waals surface area contributed by atoms with Crippen molar-refractivity contribution in [1.82, 2.24) is 4.72 Å². The molecule has 1 aromatic rings. The molecule has 1 rings (SSSR count). The highest BCUT2D eigenvalue weighted by Crippen LogP contribution is 2.22. The molecule has 6 nitrogen and oxygen atoms in total. The molecule has 1 aromatic carbocycles. The first-order valence-corrected chi connectivity index (χ1v) is 8.93. The highest BCUT2D eigenvalue weighted by molar-refractivity contribution is 7.89. The summed E-state index contributed by atoms with van der Waals surface area (Å²) >= 11 is 0. The Balaban J connectivity index is 3.12. The van der Waals surface area contributed by atoms with Crippen LogP contribution < -0.4 is 10.0 Å². The second kappa shape index (κ2) is 8.14. The highest BCUT2D eigenvalue weighted by Gasteiger charge is 2.19. The SMILES string of the molecule is CCCNS(=O)(=O)c1ccc(NC(C)CCC)c(C(=O)O)c1. The van der Waals surface area contributed by atoms with Crippen molar-refractivity contribution in [3.05, 3.63) is 23.8 Å². The third kappa shape index (κ3) is 4.99. The normalized spacial score (nSPS) is 12.9.